The van der Waals surface area contributed by atoms with E-state index >= 15 is 0 Å². The van der Waals surface area contributed by atoms with Gasteiger partial charge in [0.1, 0.15) is 17.8 Å². The Morgan fingerprint density at radius 2 is 1.97 bits per heavy atom. The highest BCUT2D eigenvalue weighted by Gasteiger charge is 2.24. The fraction of sp³-hybridized carbons (Fsp3) is 0.462. The van der Waals surface area contributed by atoms with E-state index in [0.29, 0.717) is 30.6 Å². The fourth-order valence-corrected chi connectivity index (χ4v) is 4.69. The van der Waals surface area contributed by atoms with Gasteiger partial charge in [-0.25, -0.2) is 9.78 Å². The van der Waals surface area contributed by atoms with Gasteiger partial charge in [-0.05, 0) is 68.6 Å². The molecule has 182 valence electrons. The van der Waals surface area contributed by atoms with Gasteiger partial charge in [0.05, 0.1) is 13.7 Å². The number of carboxylic acid groups (broad SMARTS) is 1. The highest BCUT2D eigenvalue weighted by Crippen LogP contribution is 2.34. The molecule has 34 heavy (non-hydrogen) atoms. The Bertz CT molecular complexity index is 1110. The molecule has 4 rings (SSSR count). The number of hydrogen-bond donors (Lipinski definition) is 1. The molecule has 1 fully saturated rings. The Labute approximate surface area is 200 Å². The summed E-state index contributed by atoms with van der Waals surface area (Å²) in [6.07, 6.45) is 6.24. The molecule has 0 amide bonds. The zero-order valence-electron chi connectivity index (χ0n) is 19.9. The van der Waals surface area contributed by atoms with Gasteiger partial charge in [-0.2, -0.15) is 0 Å². The summed E-state index contributed by atoms with van der Waals surface area (Å²) in [6.45, 7) is 7.31. The van der Waals surface area contributed by atoms with E-state index in [2.05, 4.69) is 26.7 Å². The number of rotatable bonds is 11. The van der Waals surface area contributed by atoms with E-state index in [1.807, 2.05) is 19.2 Å². The lowest BCUT2D eigenvalue weighted by Crippen LogP contribution is -2.36. The number of likely N-dealkylation sites (tertiary alicyclic amines) is 1. The van der Waals surface area contributed by atoms with Crippen LogP contribution in [0.2, 0.25) is 0 Å². The van der Waals surface area contributed by atoms with Crippen molar-refractivity contribution in [3.63, 3.8) is 0 Å². The number of aromatic carboxylic acids is 1. The van der Waals surface area contributed by atoms with E-state index in [0.717, 1.165) is 51.3 Å². The molecular weight excluding hydrogens is 434 g/mol. The number of fused-ring (bicyclic) bond motifs is 1. The van der Waals surface area contributed by atoms with Crippen molar-refractivity contribution in [2.24, 2.45) is 0 Å². The van der Waals surface area contributed by atoms with Crippen molar-refractivity contribution in [2.75, 3.05) is 46.6 Å². The molecule has 0 atom stereocenters. The van der Waals surface area contributed by atoms with Crippen molar-refractivity contribution in [3.8, 4) is 11.5 Å². The molecule has 2 aromatic heterocycles. The first-order valence-electron chi connectivity index (χ1n) is 11.9. The van der Waals surface area contributed by atoms with Crippen LogP contribution in [0.1, 0.15) is 41.6 Å². The van der Waals surface area contributed by atoms with Gasteiger partial charge in [-0.1, -0.05) is 6.07 Å². The quantitative estimate of drug-likeness (QED) is 0.426. The summed E-state index contributed by atoms with van der Waals surface area (Å²) in [6, 6.07) is 9.08. The second kappa shape index (κ2) is 11.4. The van der Waals surface area contributed by atoms with Crippen LogP contribution in [-0.4, -0.2) is 72.1 Å². The number of carboxylic acids is 1. The van der Waals surface area contributed by atoms with Crippen molar-refractivity contribution in [1.82, 2.24) is 14.5 Å². The van der Waals surface area contributed by atoms with Crippen molar-refractivity contribution in [1.29, 1.82) is 0 Å². The number of methoxy groups -OCH3 is 1. The predicted molar refractivity (Wildman–Crippen MR) is 130 cm³/mol. The minimum atomic E-state index is -1.02. The average molecular weight is 468 g/mol. The maximum absolute atomic E-state index is 11.5. The molecule has 0 bridgehead atoms. The van der Waals surface area contributed by atoms with Crippen LogP contribution >= 0.6 is 0 Å². The molecule has 1 aromatic carbocycles. The maximum Gasteiger partial charge on any atom is 0.339 e. The van der Waals surface area contributed by atoms with Crippen molar-refractivity contribution >= 4 is 17.0 Å². The van der Waals surface area contributed by atoms with Crippen LogP contribution in [0.3, 0.4) is 0 Å². The van der Waals surface area contributed by atoms with E-state index < -0.39 is 5.97 Å². The van der Waals surface area contributed by atoms with Crippen LogP contribution in [0.5, 0.6) is 11.5 Å². The molecule has 0 unspecified atom stereocenters. The minimum absolute atomic E-state index is 0.118. The minimum Gasteiger partial charge on any atom is -0.493 e. The number of hydrogen-bond acceptors (Lipinski definition) is 6. The Morgan fingerprint density at radius 1 is 1.15 bits per heavy atom. The summed E-state index contributed by atoms with van der Waals surface area (Å²) >= 11 is 0. The third-order valence-corrected chi connectivity index (χ3v) is 6.46. The first-order valence-corrected chi connectivity index (χ1v) is 11.9. The first-order chi connectivity index (χ1) is 16.6. The Balaban J connectivity index is 1.35. The van der Waals surface area contributed by atoms with Crippen LogP contribution in [0, 0.1) is 0 Å². The summed E-state index contributed by atoms with van der Waals surface area (Å²) in [5.41, 5.74) is 2.52. The molecule has 8 nitrogen and oxygen atoms in total. The lowest BCUT2D eigenvalue weighted by atomic mass is 9.89. The summed E-state index contributed by atoms with van der Waals surface area (Å²) < 4.78 is 18.9. The average Bonchev–Trinajstić information content (AvgIpc) is 3.23. The van der Waals surface area contributed by atoms with E-state index in [9.17, 15) is 9.90 Å². The number of aromatic nitrogens is 2. The largest absolute Gasteiger partial charge is 0.493 e. The number of pyridine rings is 1. The highest BCUT2D eigenvalue weighted by atomic mass is 16.5. The van der Waals surface area contributed by atoms with Crippen molar-refractivity contribution < 1.29 is 24.1 Å². The molecule has 8 heteroatoms. The summed E-state index contributed by atoms with van der Waals surface area (Å²) in [5.74, 6) is 0.197. The molecule has 0 radical (unpaired) electrons. The lowest BCUT2D eigenvalue weighted by Gasteiger charge is -2.31. The van der Waals surface area contributed by atoms with Gasteiger partial charge in [-0.3, -0.25) is 4.90 Å². The van der Waals surface area contributed by atoms with E-state index in [1.165, 1.54) is 24.1 Å². The second-order valence-electron chi connectivity index (χ2n) is 8.46. The third kappa shape index (κ3) is 5.34. The monoisotopic (exact) mass is 467 g/mol. The summed E-state index contributed by atoms with van der Waals surface area (Å²) in [5, 5.41) is 10.7. The number of ether oxygens (including phenoxy) is 3. The summed E-state index contributed by atoms with van der Waals surface area (Å²) in [7, 11) is 1.52. The molecule has 0 aliphatic carbocycles. The Hall–Kier alpha value is -3.10. The molecule has 3 heterocycles. The molecule has 0 saturated carbocycles. The molecule has 1 aliphatic rings. The van der Waals surface area contributed by atoms with Gasteiger partial charge in [0, 0.05) is 37.5 Å². The smallest absolute Gasteiger partial charge is 0.339 e. The van der Waals surface area contributed by atoms with Gasteiger partial charge in [0.25, 0.3) is 0 Å². The van der Waals surface area contributed by atoms with Gasteiger partial charge < -0.3 is 23.9 Å². The van der Waals surface area contributed by atoms with Crippen LogP contribution in [0.4, 0.5) is 0 Å². The van der Waals surface area contributed by atoms with Crippen LogP contribution in [-0.2, 0) is 11.3 Å². The van der Waals surface area contributed by atoms with Gasteiger partial charge in [-0.15, -0.1) is 0 Å². The number of nitrogens with zero attached hydrogens (tertiary/aromatic N) is 3. The molecule has 1 N–H and O–H groups in total. The molecular formula is C26H33N3O5. The normalized spacial score (nSPS) is 15.0. The maximum atomic E-state index is 11.5. The van der Waals surface area contributed by atoms with E-state index in [4.69, 9.17) is 14.2 Å². The van der Waals surface area contributed by atoms with E-state index in [-0.39, 0.29) is 5.56 Å². The number of para-hydroxylation sites is 1. The zero-order chi connectivity index (χ0) is 23.9. The number of benzene rings is 1. The van der Waals surface area contributed by atoms with Crippen molar-refractivity contribution in [2.45, 2.75) is 32.2 Å². The van der Waals surface area contributed by atoms with Gasteiger partial charge in [0.15, 0.2) is 11.5 Å². The van der Waals surface area contributed by atoms with E-state index in [1.54, 1.807) is 12.1 Å². The topological polar surface area (TPSA) is 86.0 Å². The third-order valence-electron chi connectivity index (χ3n) is 6.46. The van der Waals surface area contributed by atoms with Crippen LogP contribution in [0.15, 0.2) is 42.7 Å². The highest BCUT2D eigenvalue weighted by molar-refractivity contribution is 5.92. The molecule has 1 aliphatic heterocycles. The Morgan fingerprint density at radius 3 is 2.71 bits per heavy atom. The van der Waals surface area contributed by atoms with Gasteiger partial charge >= 0.3 is 5.97 Å². The lowest BCUT2D eigenvalue weighted by molar-refractivity contribution is 0.0690. The van der Waals surface area contributed by atoms with Crippen LogP contribution in [0.25, 0.3) is 11.0 Å². The first kappa shape index (κ1) is 24.0. The fourth-order valence-electron chi connectivity index (χ4n) is 4.69. The van der Waals surface area contributed by atoms with Crippen LogP contribution < -0.4 is 9.47 Å². The second-order valence-corrected chi connectivity index (χ2v) is 8.46. The standard InChI is InChI=1S/C26H33N3O5/c1-3-33-16-15-29-18-22(20-7-5-11-27-25(20)29)19-9-12-28(13-10-19)14-17-34-24-21(26(30)31)6-4-8-23(24)32-2/h4-8,11,18-19H,3,9-10,12-17H2,1-2H3,(H,30,31). The summed E-state index contributed by atoms with van der Waals surface area (Å²) in [4.78, 5) is 18.5. The predicted octanol–water partition coefficient (Wildman–Crippen LogP) is 4.04. The Kier molecular flexibility index (Phi) is 8.03. The molecule has 1 saturated heterocycles. The zero-order valence-corrected chi connectivity index (χ0v) is 19.9. The SMILES string of the molecule is CCOCCn1cc(C2CCN(CCOc3c(OC)cccc3C(=O)O)CC2)c2cccnc21. The number of piperidine rings is 1. The molecule has 3 aromatic rings. The number of carbonyl (C=O) groups is 1. The van der Waals surface area contributed by atoms with Gasteiger partial charge in [0.2, 0.25) is 0 Å². The molecule has 0 spiro atoms. The van der Waals surface area contributed by atoms with Crippen molar-refractivity contribution in [3.05, 3.63) is 53.9 Å².